The van der Waals surface area contributed by atoms with E-state index in [-0.39, 0.29) is 16.2 Å². The van der Waals surface area contributed by atoms with Crippen molar-refractivity contribution in [1.29, 1.82) is 0 Å². The molecule has 1 N–H and O–H groups in total. The Bertz CT molecular complexity index is 1010. The lowest BCUT2D eigenvalue weighted by atomic mass is 9.79. The Kier molecular flexibility index (Phi) is 5.98. The summed E-state index contributed by atoms with van der Waals surface area (Å²) in [6.07, 6.45) is 6.21. The first-order valence-electron chi connectivity index (χ1n) is 10.9. The molecule has 1 amide bonds. The molecule has 0 bridgehead atoms. The number of hydrogen-bond donors (Lipinski definition) is 1. The van der Waals surface area contributed by atoms with Gasteiger partial charge >= 0.3 is 0 Å². The van der Waals surface area contributed by atoms with Crippen LogP contribution in [0.4, 0.5) is 0 Å². The van der Waals surface area contributed by atoms with Gasteiger partial charge in [-0.15, -0.1) is 0 Å². The molecule has 30 heavy (non-hydrogen) atoms. The van der Waals surface area contributed by atoms with Gasteiger partial charge in [-0.05, 0) is 55.9 Å². The van der Waals surface area contributed by atoms with Gasteiger partial charge in [-0.1, -0.05) is 49.2 Å². The topological polar surface area (TPSA) is 66.5 Å². The van der Waals surface area contributed by atoms with Crippen LogP contribution in [0.1, 0.15) is 60.0 Å². The fourth-order valence-electron chi connectivity index (χ4n) is 4.84. The summed E-state index contributed by atoms with van der Waals surface area (Å²) in [5.41, 5.74) is 2.46. The lowest BCUT2D eigenvalue weighted by molar-refractivity contribution is 0.0942. The van der Waals surface area contributed by atoms with E-state index >= 15 is 0 Å². The second-order valence-electron chi connectivity index (χ2n) is 8.62. The SMILES string of the molecule is Cc1ccc(S(=O)(=O)N2CCCC2)cc1C(=O)NCC1(c2ccccc2)CCCC1. The van der Waals surface area contributed by atoms with Crippen LogP contribution < -0.4 is 5.32 Å². The third kappa shape index (κ3) is 4.03. The maximum atomic E-state index is 13.1. The van der Waals surface area contributed by atoms with E-state index in [0.717, 1.165) is 44.1 Å². The van der Waals surface area contributed by atoms with Crippen molar-refractivity contribution >= 4 is 15.9 Å². The minimum Gasteiger partial charge on any atom is -0.351 e. The number of amides is 1. The van der Waals surface area contributed by atoms with Gasteiger partial charge in [-0.25, -0.2) is 8.42 Å². The van der Waals surface area contributed by atoms with Gasteiger partial charge in [0.15, 0.2) is 0 Å². The molecule has 160 valence electrons. The van der Waals surface area contributed by atoms with Crippen molar-refractivity contribution in [1.82, 2.24) is 9.62 Å². The maximum absolute atomic E-state index is 13.1. The molecule has 6 heteroatoms. The minimum absolute atomic E-state index is 0.0376. The molecule has 1 aliphatic carbocycles. The number of aryl methyl sites for hydroxylation is 1. The zero-order chi connectivity index (χ0) is 21.2. The molecule has 0 spiro atoms. The van der Waals surface area contributed by atoms with Crippen LogP contribution in [-0.2, 0) is 15.4 Å². The second-order valence-corrected chi connectivity index (χ2v) is 10.6. The summed E-state index contributed by atoms with van der Waals surface area (Å²) >= 11 is 0. The molecule has 2 aromatic carbocycles. The molecule has 4 rings (SSSR count). The van der Waals surface area contributed by atoms with Crippen molar-refractivity contribution in [2.24, 2.45) is 0 Å². The van der Waals surface area contributed by atoms with Gasteiger partial charge in [0.1, 0.15) is 0 Å². The van der Waals surface area contributed by atoms with Crippen molar-refractivity contribution in [2.45, 2.75) is 55.8 Å². The van der Waals surface area contributed by atoms with Crippen molar-refractivity contribution < 1.29 is 13.2 Å². The molecule has 5 nitrogen and oxygen atoms in total. The van der Waals surface area contributed by atoms with E-state index in [1.807, 2.05) is 25.1 Å². The highest BCUT2D eigenvalue weighted by Gasteiger charge is 2.36. The normalized spacial score (nSPS) is 19.1. The third-order valence-corrected chi connectivity index (χ3v) is 8.59. The fourth-order valence-corrected chi connectivity index (χ4v) is 6.38. The predicted molar refractivity (Wildman–Crippen MR) is 118 cm³/mol. The Morgan fingerprint density at radius 2 is 1.67 bits per heavy atom. The summed E-state index contributed by atoms with van der Waals surface area (Å²) < 4.78 is 27.4. The van der Waals surface area contributed by atoms with Crippen LogP contribution in [0.5, 0.6) is 0 Å². The molecule has 1 aliphatic heterocycles. The van der Waals surface area contributed by atoms with Gasteiger partial charge in [0.2, 0.25) is 10.0 Å². The molecule has 0 radical (unpaired) electrons. The third-order valence-electron chi connectivity index (χ3n) is 6.69. The van der Waals surface area contributed by atoms with Crippen LogP contribution in [0, 0.1) is 6.92 Å². The Hall–Kier alpha value is -2.18. The summed E-state index contributed by atoms with van der Waals surface area (Å²) in [5.74, 6) is -0.201. The van der Waals surface area contributed by atoms with E-state index in [9.17, 15) is 13.2 Å². The highest BCUT2D eigenvalue weighted by atomic mass is 32.2. The maximum Gasteiger partial charge on any atom is 0.251 e. The Morgan fingerprint density at radius 3 is 2.33 bits per heavy atom. The Labute approximate surface area is 179 Å². The number of hydrogen-bond acceptors (Lipinski definition) is 3. The van der Waals surface area contributed by atoms with Gasteiger partial charge in [-0.3, -0.25) is 4.79 Å². The fraction of sp³-hybridized carbons (Fsp3) is 0.458. The number of nitrogens with zero attached hydrogens (tertiary/aromatic N) is 1. The van der Waals surface area contributed by atoms with Crippen LogP contribution >= 0.6 is 0 Å². The van der Waals surface area contributed by atoms with Gasteiger partial charge in [-0.2, -0.15) is 4.31 Å². The monoisotopic (exact) mass is 426 g/mol. The van der Waals surface area contributed by atoms with Crippen LogP contribution in [0.15, 0.2) is 53.4 Å². The van der Waals surface area contributed by atoms with Gasteiger partial charge in [0.05, 0.1) is 4.90 Å². The van der Waals surface area contributed by atoms with Crippen LogP contribution in [-0.4, -0.2) is 38.3 Å². The number of carbonyl (C=O) groups is 1. The number of sulfonamides is 1. The lowest BCUT2D eigenvalue weighted by Crippen LogP contribution is -2.39. The van der Waals surface area contributed by atoms with Crippen molar-refractivity contribution in [3.05, 3.63) is 65.2 Å². The smallest absolute Gasteiger partial charge is 0.251 e. The zero-order valence-corrected chi connectivity index (χ0v) is 18.4. The largest absolute Gasteiger partial charge is 0.351 e. The van der Waals surface area contributed by atoms with Crippen LogP contribution in [0.3, 0.4) is 0 Å². The Balaban J connectivity index is 1.55. The average molecular weight is 427 g/mol. The molecule has 2 aliphatic rings. The first kappa shape index (κ1) is 21.1. The molecular formula is C24H30N2O3S. The summed E-state index contributed by atoms with van der Waals surface area (Å²) in [6, 6.07) is 15.3. The average Bonchev–Trinajstić information content (AvgIpc) is 3.46. The molecule has 1 heterocycles. The van der Waals surface area contributed by atoms with E-state index < -0.39 is 10.0 Å². The zero-order valence-electron chi connectivity index (χ0n) is 17.6. The van der Waals surface area contributed by atoms with Gasteiger partial charge in [0.25, 0.3) is 5.91 Å². The molecule has 0 atom stereocenters. The predicted octanol–water partition coefficient (Wildman–Crippen LogP) is 4.02. The molecule has 0 aromatic heterocycles. The molecule has 2 aromatic rings. The number of benzene rings is 2. The van der Waals surface area contributed by atoms with E-state index in [1.54, 1.807) is 18.2 Å². The standard InChI is InChI=1S/C24H30N2O3S/c1-19-11-12-21(30(28,29)26-15-7-8-16-26)17-22(19)23(27)25-18-24(13-5-6-14-24)20-9-3-2-4-10-20/h2-4,9-12,17H,5-8,13-16,18H2,1H3,(H,25,27). The van der Waals surface area contributed by atoms with E-state index in [4.69, 9.17) is 0 Å². The van der Waals surface area contributed by atoms with Crippen molar-refractivity contribution in [2.75, 3.05) is 19.6 Å². The minimum atomic E-state index is -3.54. The van der Waals surface area contributed by atoms with E-state index in [1.165, 1.54) is 9.87 Å². The molecule has 1 saturated carbocycles. The highest BCUT2D eigenvalue weighted by molar-refractivity contribution is 7.89. The van der Waals surface area contributed by atoms with E-state index in [0.29, 0.717) is 25.2 Å². The van der Waals surface area contributed by atoms with Crippen LogP contribution in [0.2, 0.25) is 0 Å². The summed E-state index contributed by atoms with van der Waals surface area (Å²) in [6.45, 7) is 3.52. The molecule has 1 saturated heterocycles. The van der Waals surface area contributed by atoms with Gasteiger partial charge < -0.3 is 5.32 Å². The lowest BCUT2D eigenvalue weighted by Gasteiger charge is -2.30. The van der Waals surface area contributed by atoms with Crippen molar-refractivity contribution in [3.63, 3.8) is 0 Å². The van der Waals surface area contributed by atoms with Crippen LogP contribution in [0.25, 0.3) is 0 Å². The Morgan fingerprint density at radius 1 is 1.00 bits per heavy atom. The second kappa shape index (κ2) is 8.52. The molecule has 2 fully saturated rings. The highest BCUT2D eigenvalue weighted by Crippen LogP contribution is 2.40. The summed E-state index contributed by atoms with van der Waals surface area (Å²) in [4.78, 5) is 13.3. The number of nitrogens with one attached hydrogen (secondary N) is 1. The number of rotatable bonds is 6. The molecular weight excluding hydrogens is 396 g/mol. The quantitative estimate of drug-likeness (QED) is 0.759. The molecule has 0 unspecified atom stereocenters. The first-order chi connectivity index (χ1) is 14.4. The van der Waals surface area contributed by atoms with E-state index in [2.05, 4.69) is 17.4 Å². The first-order valence-corrected chi connectivity index (χ1v) is 12.3. The number of carbonyl (C=O) groups excluding carboxylic acids is 1. The summed E-state index contributed by atoms with van der Waals surface area (Å²) in [5, 5.41) is 3.12. The summed E-state index contributed by atoms with van der Waals surface area (Å²) in [7, 11) is -3.54. The van der Waals surface area contributed by atoms with Gasteiger partial charge in [0, 0.05) is 30.6 Å². The van der Waals surface area contributed by atoms with Crippen molar-refractivity contribution in [3.8, 4) is 0 Å².